The lowest BCUT2D eigenvalue weighted by Gasteiger charge is -2.01. The van der Waals surface area contributed by atoms with Gasteiger partial charge in [0.05, 0.1) is 11.6 Å². The molecule has 2 rings (SSSR count). The number of nitrogens with one attached hydrogen (secondary N) is 1. The molecule has 0 aliphatic heterocycles. The van der Waals surface area contributed by atoms with Gasteiger partial charge in [0.25, 0.3) is 0 Å². The Hall–Kier alpha value is -1.69. The molecule has 6 nitrogen and oxygen atoms in total. The number of nitrogens with zero attached hydrogens (tertiary/aromatic N) is 4. The van der Waals surface area contributed by atoms with Crippen molar-refractivity contribution in [1.29, 1.82) is 0 Å². The highest BCUT2D eigenvalue weighted by Gasteiger charge is 2.07. The lowest BCUT2D eigenvalue weighted by atomic mass is 10.4. The first-order valence-corrected chi connectivity index (χ1v) is 3.85. The van der Waals surface area contributed by atoms with Crippen LogP contribution in [0.4, 0.5) is 5.82 Å². The van der Waals surface area contributed by atoms with Crippen molar-refractivity contribution in [1.82, 2.24) is 19.7 Å². The molecular weight excluding hydrogens is 168 g/mol. The van der Waals surface area contributed by atoms with Crippen LogP contribution in [0, 0.1) is 6.92 Å². The van der Waals surface area contributed by atoms with E-state index in [1.54, 1.807) is 10.9 Å². The summed E-state index contributed by atoms with van der Waals surface area (Å²) in [5.74, 6) is 6.59. The van der Waals surface area contributed by atoms with Gasteiger partial charge in [0, 0.05) is 7.05 Å². The SMILES string of the molecule is Cc1nc(NN)c2cnn(C)c2n1. The van der Waals surface area contributed by atoms with Gasteiger partial charge in [-0.2, -0.15) is 5.10 Å². The number of hydrazine groups is 1. The van der Waals surface area contributed by atoms with Crippen LogP contribution in [0.2, 0.25) is 0 Å². The summed E-state index contributed by atoms with van der Waals surface area (Å²) in [5, 5.41) is 4.89. The molecule has 0 unspecified atom stereocenters. The van der Waals surface area contributed by atoms with Crippen molar-refractivity contribution in [3.63, 3.8) is 0 Å². The Morgan fingerprint density at radius 3 is 2.92 bits per heavy atom. The lowest BCUT2D eigenvalue weighted by Crippen LogP contribution is -2.10. The molecule has 0 radical (unpaired) electrons. The summed E-state index contributed by atoms with van der Waals surface area (Å²) < 4.78 is 1.69. The predicted octanol–water partition coefficient (Wildman–Crippen LogP) is -0.0427. The number of hydrogen-bond donors (Lipinski definition) is 2. The molecule has 0 fully saturated rings. The number of aromatic nitrogens is 4. The summed E-state index contributed by atoms with van der Waals surface area (Å²) in [7, 11) is 1.83. The third-order valence-corrected chi connectivity index (χ3v) is 1.84. The summed E-state index contributed by atoms with van der Waals surface area (Å²) in [6.45, 7) is 1.81. The largest absolute Gasteiger partial charge is 0.308 e. The molecule has 2 aromatic heterocycles. The van der Waals surface area contributed by atoms with Crippen LogP contribution in [0.3, 0.4) is 0 Å². The summed E-state index contributed by atoms with van der Waals surface area (Å²) in [6.07, 6.45) is 1.68. The van der Waals surface area contributed by atoms with Crippen molar-refractivity contribution in [2.24, 2.45) is 12.9 Å². The summed E-state index contributed by atoms with van der Waals surface area (Å²) in [5.41, 5.74) is 3.30. The Kier molecular flexibility index (Phi) is 1.63. The van der Waals surface area contributed by atoms with Crippen LogP contribution < -0.4 is 11.3 Å². The fourth-order valence-corrected chi connectivity index (χ4v) is 1.24. The molecule has 0 saturated carbocycles. The maximum absolute atomic E-state index is 5.32. The molecule has 6 heteroatoms. The van der Waals surface area contributed by atoms with Gasteiger partial charge in [-0.15, -0.1) is 0 Å². The van der Waals surface area contributed by atoms with Gasteiger partial charge >= 0.3 is 0 Å². The van der Waals surface area contributed by atoms with Gasteiger partial charge in [-0.05, 0) is 6.92 Å². The van der Waals surface area contributed by atoms with E-state index in [1.165, 1.54) is 0 Å². The maximum atomic E-state index is 5.32. The smallest absolute Gasteiger partial charge is 0.163 e. The molecular formula is C7H10N6. The van der Waals surface area contributed by atoms with Crippen LogP contribution in [-0.2, 0) is 7.05 Å². The van der Waals surface area contributed by atoms with Crippen molar-refractivity contribution in [3.8, 4) is 0 Å². The molecule has 3 N–H and O–H groups in total. The molecule has 2 heterocycles. The average molecular weight is 178 g/mol. The fourth-order valence-electron chi connectivity index (χ4n) is 1.24. The van der Waals surface area contributed by atoms with Gasteiger partial charge in [0.1, 0.15) is 5.82 Å². The monoisotopic (exact) mass is 178 g/mol. The van der Waals surface area contributed by atoms with E-state index in [4.69, 9.17) is 5.84 Å². The van der Waals surface area contributed by atoms with Gasteiger partial charge in [0.15, 0.2) is 11.5 Å². The van der Waals surface area contributed by atoms with E-state index in [1.807, 2.05) is 14.0 Å². The second-order valence-electron chi connectivity index (χ2n) is 2.77. The standard InChI is InChI=1S/C7H10N6/c1-4-10-6(12-8)5-3-9-13(2)7(5)11-4/h3H,8H2,1-2H3,(H,10,11,12). The maximum Gasteiger partial charge on any atom is 0.163 e. The highest BCUT2D eigenvalue weighted by atomic mass is 15.3. The lowest BCUT2D eigenvalue weighted by molar-refractivity contribution is 0.783. The van der Waals surface area contributed by atoms with Gasteiger partial charge in [-0.3, -0.25) is 4.68 Å². The Morgan fingerprint density at radius 2 is 2.23 bits per heavy atom. The Labute approximate surface area is 74.7 Å². The highest BCUT2D eigenvalue weighted by molar-refractivity contribution is 5.85. The average Bonchev–Trinajstić information content (AvgIpc) is 2.47. The van der Waals surface area contributed by atoms with E-state index >= 15 is 0 Å². The number of hydrogen-bond acceptors (Lipinski definition) is 5. The predicted molar refractivity (Wildman–Crippen MR) is 48.9 cm³/mol. The Balaban J connectivity index is 2.84. The fraction of sp³-hybridized carbons (Fsp3) is 0.286. The molecule has 0 atom stereocenters. The van der Waals surface area contributed by atoms with E-state index in [0.29, 0.717) is 11.6 Å². The van der Waals surface area contributed by atoms with Crippen molar-refractivity contribution in [2.75, 3.05) is 5.43 Å². The van der Waals surface area contributed by atoms with Crippen LogP contribution in [0.25, 0.3) is 11.0 Å². The first-order chi connectivity index (χ1) is 6.22. The minimum absolute atomic E-state index is 0.607. The van der Waals surface area contributed by atoms with Gasteiger partial charge in [0.2, 0.25) is 0 Å². The van der Waals surface area contributed by atoms with Crippen molar-refractivity contribution in [3.05, 3.63) is 12.0 Å². The zero-order valence-electron chi connectivity index (χ0n) is 7.44. The minimum Gasteiger partial charge on any atom is -0.308 e. The van der Waals surface area contributed by atoms with E-state index in [2.05, 4.69) is 20.5 Å². The molecule has 0 spiro atoms. The number of rotatable bonds is 1. The number of aryl methyl sites for hydroxylation is 2. The van der Waals surface area contributed by atoms with Crippen LogP contribution in [0.15, 0.2) is 6.20 Å². The summed E-state index contributed by atoms with van der Waals surface area (Å²) >= 11 is 0. The minimum atomic E-state index is 0.607. The highest BCUT2D eigenvalue weighted by Crippen LogP contribution is 2.17. The van der Waals surface area contributed by atoms with E-state index in [-0.39, 0.29) is 0 Å². The second-order valence-corrected chi connectivity index (χ2v) is 2.77. The molecule has 0 saturated heterocycles. The first-order valence-electron chi connectivity index (χ1n) is 3.85. The van der Waals surface area contributed by atoms with Crippen molar-refractivity contribution >= 4 is 16.9 Å². The topological polar surface area (TPSA) is 81.6 Å². The van der Waals surface area contributed by atoms with E-state index < -0.39 is 0 Å². The number of nitrogens with two attached hydrogens (primary N) is 1. The van der Waals surface area contributed by atoms with Gasteiger partial charge < -0.3 is 5.43 Å². The van der Waals surface area contributed by atoms with Crippen LogP contribution in [0.5, 0.6) is 0 Å². The number of anilines is 1. The van der Waals surface area contributed by atoms with Gasteiger partial charge in [-0.1, -0.05) is 0 Å². The van der Waals surface area contributed by atoms with Crippen LogP contribution in [-0.4, -0.2) is 19.7 Å². The molecule has 13 heavy (non-hydrogen) atoms. The molecule has 0 bridgehead atoms. The third kappa shape index (κ3) is 1.11. The normalized spacial score (nSPS) is 10.7. The van der Waals surface area contributed by atoms with Crippen LogP contribution >= 0.6 is 0 Å². The van der Waals surface area contributed by atoms with Crippen molar-refractivity contribution in [2.45, 2.75) is 6.92 Å². The van der Waals surface area contributed by atoms with E-state index in [9.17, 15) is 0 Å². The Morgan fingerprint density at radius 1 is 1.46 bits per heavy atom. The zero-order valence-corrected chi connectivity index (χ0v) is 7.44. The molecule has 68 valence electrons. The molecule has 0 aromatic carbocycles. The van der Waals surface area contributed by atoms with Gasteiger partial charge in [-0.25, -0.2) is 15.8 Å². The zero-order chi connectivity index (χ0) is 9.42. The quantitative estimate of drug-likeness (QED) is 0.473. The molecule has 0 aliphatic carbocycles. The van der Waals surface area contributed by atoms with E-state index in [0.717, 1.165) is 11.0 Å². The summed E-state index contributed by atoms with van der Waals surface area (Å²) in [6, 6.07) is 0. The molecule has 0 aliphatic rings. The molecule has 0 amide bonds. The number of fused-ring (bicyclic) bond motifs is 1. The number of nitrogen functional groups attached to an aromatic ring is 1. The first kappa shape index (κ1) is 7.93. The Bertz CT molecular complexity index is 445. The molecule has 2 aromatic rings. The van der Waals surface area contributed by atoms with Crippen molar-refractivity contribution < 1.29 is 0 Å². The second kappa shape index (κ2) is 2.67. The summed E-state index contributed by atoms with van der Waals surface area (Å²) in [4.78, 5) is 8.37. The van der Waals surface area contributed by atoms with Crippen LogP contribution in [0.1, 0.15) is 5.82 Å². The third-order valence-electron chi connectivity index (χ3n) is 1.84.